The third-order valence-corrected chi connectivity index (χ3v) is 7.43. The lowest BCUT2D eigenvalue weighted by molar-refractivity contribution is -0.119. The predicted octanol–water partition coefficient (Wildman–Crippen LogP) is 4.86. The number of ether oxygens (including phenoxy) is 3. The van der Waals surface area contributed by atoms with E-state index in [-0.39, 0.29) is 28.9 Å². The van der Waals surface area contributed by atoms with E-state index in [9.17, 15) is 14.4 Å². The maximum Gasteiger partial charge on any atom is 0.353 e. The summed E-state index contributed by atoms with van der Waals surface area (Å²) in [5.41, 5.74) is 2.93. The number of nitrogens with one attached hydrogen (secondary N) is 1. The molecule has 0 aliphatic heterocycles. The Morgan fingerprint density at radius 2 is 1.89 bits per heavy atom. The van der Waals surface area contributed by atoms with Crippen LogP contribution in [0, 0.1) is 0 Å². The summed E-state index contributed by atoms with van der Waals surface area (Å²) in [5.74, 6) is 0.242. The van der Waals surface area contributed by atoms with Gasteiger partial charge in [0.25, 0.3) is 0 Å². The van der Waals surface area contributed by atoms with E-state index in [0.717, 1.165) is 16.7 Å². The van der Waals surface area contributed by atoms with E-state index >= 15 is 0 Å². The van der Waals surface area contributed by atoms with Crippen LogP contribution in [0.5, 0.6) is 17.2 Å². The van der Waals surface area contributed by atoms with Gasteiger partial charge in [-0.2, -0.15) is 0 Å². The highest BCUT2D eigenvalue weighted by molar-refractivity contribution is 7.98. The summed E-state index contributed by atoms with van der Waals surface area (Å²) in [6.45, 7) is 1.46. The lowest BCUT2D eigenvalue weighted by atomic mass is 9.95. The molecule has 1 N–H and O–H groups in total. The first kappa shape index (κ1) is 24.8. The number of amides is 1. The number of esters is 1. The summed E-state index contributed by atoms with van der Waals surface area (Å²) in [6.07, 6.45) is 2.94. The van der Waals surface area contributed by atoms with Crippen LogP contribution < -0.4 is 25.0 Å². The number of benzene rings is 1. The van der Waals surface area contributed by atoms with Gasteiger partial charge in [0.1, 0.15) is 4.88 Å². The number of thioether (sulfide) groups is 1. The SMILES string of the molecule is COc1c(OC(=O)c2cccs2)cc2c(c1OC)-c1ccc(SC)c(=O)cc1[C@@H](NC(C)=O)CC2. The monoisotopic (exact) mass is 511 g/mol. The quantitative estimate of drug-likeness (QED) is 0.287. The number of hydrogen-bond donors (Lipinski definition) is 1. The lowest BCUT2D eigenvalue weighted by Crippen LogP contribution is -2.26. The smallest absolute Gasteiger partial charge is 0.353 e. The van der Waals surface area contributed by atoms with Crippen LogP contribution in [-0.2, 0) is 11.2 Å². The van der Waals surface area contributed by atoms with E-state index in [2.05, 4.69) is 5.32 Å². The van der Waals surface area contributed by atoms with Crippen molar-refractivity contribution in [1.82, 2.24) is 5.32 Å². The Morgan fingerprint density at radius 1 is 1.11 bits per heavy atom. The third kappa shape index (κ3) is 4.92. The zero-order valence-corrected chi connectivity index (χ0v) is 21.4. The number of thiophene rings is 1. The summed E-state index contributed by atoms with van der Waals surface area (Å²) in [4.78, 5) is 38.7. The van der Waals surface area contributed by atoms with Gasteiger partial charge in [0, 0.05) is 12.5 Å². The van der Waals surface area contributed by atoms with Gasteiger partial charge in [-0.3, -0.25) is 9.59 Å². The molecular weight excluding hydrogens is 486 g/mol. The summed E-state index contributed by atoms with van der Waals surface area (Å²) in [6, 6.07) is 10.1. The fraction of sp³-hybridized carbons (Fsp3) is 0.269. The van der Waals surface area contributed by atoms with Crippen LogP contribution in [0.15, 0.2) is 51.5 Å². The van der Waals surface area contributed by atoms with Crippen molar-refractivity contribution in [3.8, 4) is 28.4 Å². The molecule has 1 aromatic heterocycles. The summed E-state index contributed by atoms with van der Waals surface area (Å²) in [5, 5.41) is 4.79. The van der Waals surface area contributed by atoms with Crippen LogP contribution in [0.1, 0.15) is 40.2 Å². The highest BCUT2D eigenvalue weighted by atomic mass is 32.2. The van der Waals surface area contributed by atoms with E-state index in [1.807, 2.05) is 12.3 Å². The normalized spacial score (nSPS) is 14.2. The lowest BCUT2D eigenvalue weighted by Gasteiger charge is -2.20. The Kier molecular flexibility index (Phi) is 7.47. The zero-order valence-electron chi connectivity index (χ0n) is 19.8. The van der Waals surface area contributed by atoms with Crippen molar-refractivity contribution in [3.05, 3.63) is 68.0 Å². The van der Waals surface area contributed by atoms with Crippen LogP contribution in [0.2, 0.25) is 0 Å². The molecule has 0 saturated carbocycles. The number of carbonyl (C=O) groups excluding carboxylic acids is 2. The van der Waals surface area contributed by atoms with Gasteiger partial charge in [-0.1, -0.05) is 12.1 Å². The fourth-order valence-corrected chi connectivity index (χ4v) is 5.39. The third-order valence-electron chi connectivity index (χ3n) is 5.80. The number of fused-ring (bicyclic) bond motifs is 3. The number of carbonyl (C=O) groups is 2. The zero-order chi connectivity index (χ0) is 25.1. The van der Waals surface area contributed by atoms with E-state index in [1.165, 1.54) is 44.2 Å². The Labute approximate surface area is 211 Å². The molecule has 1 heterocycles. The van der Waals surface area contributed by atoms with Gasteiger partial charge in [-0.25, -0.2) is 4.79 Å². The topological polar surface area (TPSA) is 90.9 Å². The van der Waals surface area contributed by atoms with Crippen LogP contribution in [0.25, 0.3) is 11.1 Å². The molecule has 0 saturated heterocycles. The van der Waals surface area contributed by atoms with Gasteiger partial charge >= 0.3 is 5.97 Å². The maximum absolute atomic E-state index is 12.9. The summed E-state index contributed by atoms with van der Waals surface area (Å²) in [7, 11) is 3.01. The van der Waals surface area contributed by atoms with Gasteiger partial charge in [0.2, 0.25) is 11.7 Å². The minimum Gasteiger partial charge on any atom is -0.492 e. The highest BCUT2D eigenvalue weighted by Gasteiger charge is 2.30. The Balaban J connectivity index is 1.96. The van der Waals surface area contributed by atoms with Crippen molar-refractivity contribution in [2.75, 3.05) is 20.5 Å². The molecular formula is C26H25NO6S2. The minimum atomic E-state index is -0.488. The number of methoxy groups -OCH3 is 2. The molecule has 1 amide bonds. The van der Waals surface area contributed by atoms with Crippen molar-refractivity contribution in [3.63, 3.8) is 0 Å². The standard InChI is InChI=1S/C26H25NO6S2/c1-14(28)27-18-9-7-15-12-20(33-26(30)22-6-5-11-35-22)24(31-2)25(32-3)23(15)16-8-10-21(34-4)19(29)13-17(16)18/h5-6,8,10-13,18H,7,9H2,1-4H3,(H,27,28)/t18-/m0/s1. The second kappa shape index (κ2) is 10.5. The molecule has 0 spiro atoms. The molecule has 35 heavy (non-hydrogen) atoms. The second-order valence-electron chi connectivity index (χ2n) is 7.91. The largest absolute Gasteiger partial charge is 0.492 e. The number of rotatable bonds is 6. The van der Waals surface area contributed by atoms with Crippen LogP contribution in [-0.4, -0.2) is 32.4 Å². The molecule has 1 atom stereocenters. The van der Waals surface area contributed by atoms with E-state index < -0.39 is 5.97 Å². The van der Waals surface area contributed by atoms with Gasteiger partial charge in [0.15, 0.2) is 16.9 Å². The molecule has 9 heteroatoms. The Bertz CT molecular complexity index is 1340. The first-order chi connectivity index (χ1) is 16.9. The van der Waals surface area contributed by atoms with E-state index in [0.29, 0.717) is 33.9 Å². The molecule has 0 radical (unpaired) electrons. The van der Waals surface area contributed by atoms with E-state index in [1.54, 1.807) is 35.7 Å². The van der Waals surface area contributed by atoms with Crippen LogP contribution >= 0.6 is 23.1 Å². The molecule has 4 rings (SSSR count). The van der Waals surface area contributed by atoms with Crippen molar-refractivity contribution < 1.29 is 23.8 Å². The number of hydrogen-bond acceptors (Lipinski definition) is 8. The van der Waals surface area contributed by atoms with Crippen molar-refractivity contribution >= 4 is 35.0 Å². The van der Waals surface area contributed by atoms with Gasteiger partial charge < -0.3 is 19.5 Å². The van der Waals surface area contributed by atoms with E-state index in [4.69, 9.17) is 14.2 Å². The van der Waals surface area contributed by atoms with Gasteiger partial charge in [-0.15, -0.1) is 23.1 Å². The molecule has 0 bridgehead atoms. The van der Waals surface area contributed by atoms with Gasteiger partial charge in [0.05, 0.1) is 25.2 Å². The highest BCUT2D eigenvalue weighted by Crippen LogP contribution is 2.50. The maximum atomic E-state index is 12.9. The number of aryl methyl sites for hydroxylation is 1. The molecule has 2 aromatic carbocycles. The molecule has 1 aliphatic rings. The first-order valence-corrected chi connectivity index (χ1v) is 13.0. The average molecular weight is 512 g/mol. The molecule has 0 fully saturated rings. The van der Waals surface area contributed by atoms with Crippen LogP contribution in [0.4, 0.5) is 0 Å². The fourth-order valence-electron chi connectivity index (χ4n) is 4.33. The average Bonchev–Trinajstić information content (AvgIpc) is 3.28. The first-order valence-electron chi connectivity index (χ1n) is 10.9. The minimum absolute atomic E-state index is 0.120. The second-order valence-corrected chi connectivity index (χ2v) is 9.71. The summed E-state index contributed by atoms with van der Waals surface area (Å²) >= 11 is 2.65. The predicted molar refractivity (Wildman–Crippen MR) is 137 cm³/mol. The molecule has 3 aromatic rings. The van der Waals surface area contributed by atoms with Crippen molar-refractivity contribution in [2.45, 2.75) is 30.7 Å². The van der Waals surface area contributed by atoms with Crippen molar-refractivity contribution in [1.29, 1.82) is 0 Å². The molecule has 0 unspecified atom stereocenters. The van der Waals surface area contributed by atoms with Gasteiger partial charge in [-0.05, 0) is 65.4 Å². The van der Waals surface area contributed by atoms with Crippen LogP contribution in [0.3, 0.4) is 0 Å². The van der Waals surface area contributed by atoms with Crippen molar-refractivity contribution in [2.24, 2.45) is 0 Å². The molecule has 7 nitrogen and oxygen atoms in total. The molecule has 182 valence electrons. The summed E-state index contributed by atoms with van der Waals surface area (Å²) < 4.78 is 17.2. The Morgan fingerprint density at radius 3 is 2.51 bits per heavy atom. The molecule has 1 aliphatic carbocycles. The Hall–Kier alpha value is -3.30.